The van der Waals surface area contributed by atoms with Gasteiger partial charge in [0.2, 0.25) is 0 Å². The number of halogens is 1. The van der Waals surface area contributed by atoms with Gasteiger partial charge in [0.1, 0.15) is 9.52 Å². The molecule has 4 N–H and O–H groups in total. The molecule has 0 spiro atoms. The van der Waals surface area contributed by atoms with Crippen LogP contribution in [-0.2, 0) is 0 Å². The van der Waals surface area contributed by atoms with Crippen LogP contribution in [-0.4, -0.2) is 20.4 Å². The maximum Gasteiger partial charge on any atom is 0.145 e. The molecule has 0 aliphatic rings. The maximum atomic E-state index is 5.24. The molecule has 0 atom stereocenters. The van der Waals surface area contributed by atoms with E-state index in [4.69, 9.17) is 5.73 Å². The first-order valence-corrected chi connectivity index (χ1v) is 5.11. The molecule has 2 rings (SSSR count). The van der Waals surface area contributed by atoms with Crippen molar-refractivity contribution in [1.82, 2.24) is 20.4 Å². The highest BCUT2D eigenvalue weighted by Crippen LogP contribution is 1.99. The van der Waals surface area contributed by atoms with E-state index in [2.05, 4.69) is 43.0 Å². The third-order valence-electron chi connectivity index (χ3n) is 1.40. The van der Waals surface area contributed by atoms with Crippen LogP contribution < -0.4 is 5.73 Å². The van der Waals surface area contributed by atoms with Crippen LogP contribution in [0.1, 0.15) is 11.4 Å². The quantitative estimate of drug-likeness (QED) is 0.647. The molecule has 0 aliphatic carbocycles. The number of aromatic nitrogens is 4. The summed E-state index contributed by atoms with van der Waals surface area (Å²) >= 11 is 2.16. The van der Waals surface area contributed by atoms with E-state index in [9.17, 15) is 0 Å². The van der Waals surface area contributed by atoms with Crippen molar-refractivity contribution in [1.29, 1.82) is 0 Å². The Hall–Kier alpha value is -1.05. The summed E-state index contributed by atoms with van der Waals surface area (Å²) in [5.74, 6) is 0.553. The molecule has 2 aromatic rings. The van der Waals surface area contributed by atoms with E-state index in [-0.39, 0.29) is 0 Å². The van der Waals surface area contributed by atoms with E-state index >= 15 is 0 Å². The smallest absolute Gasteiger partial charge is 0.145 e. The number of hydrogen-bond donors (Lipinski definition) is 3. The molecule has 0 amide bonds. The first kappa shape index (κ1) is 11.0. The fourth-order valence-corrected chi connectivity index (χ4v) is 1.41. The van der Waals surface area contributed by atoms with Gasteiger partial charge in [-0.3, -0.25) is 10.2 Å². The number of aryl methyl sites for hydroxylation is 2. The monoisotopic (exact) mass is 305 g/mol. The molecule has 0 saturated heterocycles. The maximum absolute atomic E-state index is 5.24. The Bertz CT molecular complexity index is 321. The predicted octanol–water partition coefficient (Wildman–Crippen LogP) is 1.62. The molecule has 2 heterocycles. The first-order valence-electron chi connectivity index (χ1n) is 4.03. The molecule has 2 aromatic heterocycles. The lowest BCUT2D eigenvalue weighted by Crippen LogP contribution is -1.81. The van der Waals surface area contributed by atoms with Gasteiger partial charge in [0.05, 0.1) is 0 Å². The zero-order chi connectivity index (χ0) is 10.6. The molecule has 14 heavy (non-hydrogen) atoms. The highest BCUT2D eigenvalue weighted by Gasteiger charge is 1.86. The van der Waals surface area contributed by atoms with Gasteiger partial charge in [-0.1, -0.05) is 0 Å². The van der Waals surface area contributed by atoms with Gasteiger partial charge in [-0.05, 0) is 42.5 Å². The number of nitrogens with two attached hydrogens (primary N) is 1. The summed E-state index contributed by atoms with van der Waals surface area (Å²) in [6.45, 7) is 3.89. The Balaban J connectivity index is 0.000000140. The highest BCUT2D eigenvalue weighted by molar-refractivity contribution is 14.1. The van der Waals surface area contributed by atoms with Crippen LogP contribution in [0.25, 0.3) is 0 Å². The van der Waals surface area contributed by atoms with Crippen molar-refractivity contribution in [3.05, 3.63) is 27.2 Å². The van der Waals surface area contributed by atoms with Crippen molar-refractivity contribution in [2.45, 2.75) is 13.8 Å². The van der Waals surface area contributed by atoms with E-state index in [1.165, 1.54) is 0 Å². The van der Waals surface area contributed by atoms with Crippen molar-refractivity contribution in [2.24, 2.45) is 0 Å². The van der Waals surface area contributed by atoms with Crippen LogP contribution in [0.5, 0.6) is 0 Å². The Morgan fingerprint density at radius 2 is 1.71 bits per heavy atom. The minimum Gasteiger partial charge on any atom is -0.382 e. The summed E-state index contributed by atoms with van der Waals surface area (Å²) in [5, 5.41) is 13.1. The number of hydrogen-bond acceptors (Lipinski definition) is 3. The first-order chi connectivity index (χ1) is 6.58. The topological polar surface area (TPSA) is 83.4 Å². The van der Waals surface area contributed by atoms with Crippen LogP contribution in [0.15, 0.2) is 12.1 Å². The van der Waals surface area contributed by atoms with Crippen LogP contribution in [0.4, 0.5) is 5.82 Å². The molecular weight excluding hydrogens is 293 g/mol. The number of anilines is 1. The number of nitrogens with one attached hydrogen (secondary N) is 2. The van der Waals surface area contributed by atoms with Crippen LogP contribution in [0.3, 0.4) is 0 Å². The van der Waals surface area contributed by atoms with Crippen molar-refractivity contribution in [2.75, 3.05) is 5.73 Å². The summed E-state index contributed by atoms with van der Waals surface area (Å²) in [4.78, 5) is 0. The lowest BCUT2D eigenvalue weighted by Gasteiger charge is -1.68. The van der Waals surface area contributed by atoms with Gasteiger partial charge in [0.15, 0.2) is 0 Å². The molecule has 76 valence electrons. The van der Waals surface area contributed by atoms with E-state index in [1.54, 1.807) is 6.07 Å². The minimum atomic E-state index is 0.553. The van der Waals surface area contributed by atoms with Crippen LogP contribution >= 0.6 is 22.6 Å². The van der Waals surface area contributed by atoms with Crippen molar-refractivity contribution in [3.63, 3.8) is 0 Å². The van der Waals surface area contributed by atoms with E-state index < -0.39 is 0 Å². The predicted molar refractivity (Wildman–Crippen MR) is 63.8 cm³/mol. The lowest BCUT2D eigenvalue weighted by molar-refractivity contribution is 1.03. The van der Waals surface area contributed by atoms with Crippen LogP contribution in [0.2, 0.25) is 0 Å². The van der Waals surface area contributed by atoms with E-state index in [0.717, 1.165) is 15.1 Å². The Morgan fingerprint density at radius 1 is 1.14 bits per heavy atom. The summed E-state index contributed by atoms with van der Waals surface area (Å²) in [6.07, 6.45) is 0. The molecule has 0 aromatic carbocycles. The number of rotatable bonds is 0. The van der Waals surface area contributed by atoms with Gasteiger partial charge < -0.3 is 5.73 Å². The molecule has 0 fully saturated rings. The zero-order valence-corrected chi connectivity index (χ0v) is 10.2. The summed E-state index contributed by atoms with van der Waals surface area (Å²) in [7, 11) is 0. The lowest BCUT2D eigenvalue weighted by atomic mass is 10.5. The van der Waals surface area contributed by atoms with Crippen molar-refractivity contribution in [3.8, 4) is 0 Å². The highest BCUT2D eigenvalue weighted by atomic mass is 127. The SMILES string of the molecule is Cc1cc(I)n[nH]1.Cc1cc(N)n[nH]1. The Kier molecular flexibility index (Phi) is 3.93. The van der Waals surface area contributed by atoms with Gasteiger partial charge in [-0.15, -0.1) is 0 Å². The largest absolute Gasteiger partial charge is 0.382 e. The van der Waals surface area contributed by atoms with Crippen molar-refractivity contribution >= 4 is 28.4 Å². The van der Waals surface area contributed by atoms with Crippen molar-refractivity contribution < 1.29 is 0 Å². The average molecular weight is 305 g/mol. The van der Waals surface area contributed by atoms with Gasteiger partial charge in [0.25, 0.3) is 0 Å². The third kappa shape index (κ3) is 3.77. The number of H-pyrrole nitrogens is 2. The molecule has 0 unspecified atom stereocenters. The molecule has 6 heteroatoms. The normalized spacial score (nSPS) is 9.36. The minimum absolute atomic E-state index is 0.553. The van der Waals surface area contributed by atoms with Gasteiger partial charge in [0, 0.05) is 17.5 Å². The second kappa shape index (κ2) is 4.99. The zero-order valence-electron chi connectivity index (χ0n) is 8.00. The molecule has 5 nitrogen and oxygen atoms in total. The van der Waals surface area contributed by atoms with Crippen LogP contribution in [0, 0.1) is 17.5 Å². The van der Waals surface area contributed by atoms with Gasteiger partial charge in [-0.25, -0.2) is 0 Å². The van der Waals surface area contributed by atoms with E-state index in [1.807, 2.05) is 19.9 Å². The van der Waals surface area contributed by atoms with E-state index in [0.29, 0.717) is 5.82 Å². The standard InChI is InChI=1S/C4H5IN2.C4H7N3/c2*1-3-2-4(5)7-6-3/h2H,1H3,(H,6,7);2H,1H3,(H3,5,6,7). The second-order valence-corrected chi connectivity index (χ2v) is 3.95. The molecular formula is C8H12IN5. The molecule has 0 aliphatic heterocycles. The summed E-state index contributed by atoms with van der Waals surface area (Å²) in [5.41, 5.74) is 7.35. The Morgan fingerprint density at radius 3 is 1.86 bits per heavy atom. The van der Waals surface area contributed by atoms with Gasteiger partial charge >= 0.3 is 0 Å². The summed E-state index contributed by atoms with van der Waals surface area (Å²) in [6, 6.07) is 3.76. The number of nitrogen functional groups attached to an aromatic ring is 1. The van der Waals surface area contributed by atoms with Gasteiger partial charge in [-0.2, -0.15) is 10.2 Å². The summed E-state index contributed by atoms with van der Waals surface area (Å²) < 4.78 is 1.02. The second-order valence-electron chi connectivity index (χ2n) is 2.85. The molecule has 0 bridgehead atoms. The fraction of sp³-hybridized carbons (Fsp3) is 0.250. The number of aromatic amines is 2. The average Bonchev–Trinajstić information content (AvgIpc) is 2.63. The fourth-order valence-electron chi connectivity index (χ4n) is 0.824. The molecule has 0 saturated carbocycles. The Labute approximate surface area is 95.6 Å². The third-order valence-corrected chi connectivity index (χ3v) is 1.95. The number of nitrogens with zero attached hydrogens (tertiary/aromatic N) is 2. The molecule has 0 radical (unpaired) electrons.